The Hall–Kier alpha value is -2.46. The van der Waals surface area contributed by atoms with Crippen LogP contribution >= 0.6 is 23.1 Å². The van der Waals surface area contributed by atoms with Crippen LogP contribution in [0.4, 0.5) is 5.13 Å². The Morgan fingerprint density at radius 1 is 1.21 bits per heavy atom. The first-order chi connectivity index (χ1) is 13.7. The largest absolute Gasteiger partial charge is 0.494 e. The second kappa shape index (κ2) is 10.2. The van der Waals surface area contributed by atoms with Crippen molar-refractivity contribution in [1.82, 2.24) is 25.0 Å². The van der Waals surface area contributed by atoms with Crippen LogP contribution in [0.2, 0.25) is 0 Å². The smallest absolute Gasteiger partial charge is 0.236 e. The van der Waals surface area contributed by atoms with Gasteiger partial charge in [-0.05, 0) is 37.6 Å². The van der Waals surface area contributed by atoms with E-state index in [1.165, 1.54) is 23.1 Å². The number of unbranched alkanes of at least 4 members (excludes halogenated alkanes) is 1. The minimum atomic E-state index is -0.150. The molecule has 0 atom stereocenters. The van der Waals surface area contributed by atoms with Crippen LogP contribution in [-0.2, 0) is 11.3 Å². The lowest BCUT2D eigenvalue weighted by molar-refractivity contribution is -0.113. The Bertz CT molecular complexity index is 880. The van der Waals surface area contributed by atoms with Crippen molar-refractivity contribution in [3.8, 4) is 17.1 Å². The summed E-state index contributed by atoms with van der Waals surface area (Å²) in [6, 6.07) is 7.85. The number of benzene rings is 1. The Labute approximate surface area is 171 Å². The van der Waals surface area contributed by atoms with Gasteiger partial charge in [-0.25, -0.2) is 0 Å². The van der Waals surface area contributed by atoms with Gasteiger partial charge in [-0.1, -0.05) is 36.4 Å². The molecule has 3 rings (SSSR count). The van der Waals surface area contributed by atoms with Gasteiger partial charge in [0.1, 0.15) is 11.3 Å². The quantitative estimate of drug-likeness (QED) is 0.396. The molecule has 1 N–H and O–H groups in total. The Balaban J connectivity index is 1.63. The number of aromatic nitrogens is 5. The molecule has 28 heavy (non-hydrogen) atoms. The zero-order valence-corrected chi connectivity index (χ0v) is 17.4. The molecule has 0 aliphatic heterocycles. The summed E-state index contributed by atoms with van der Waals surface area (Å²) in [5.41, 5.74) is 2.53. The van der Waals surface area contributed by atoms with Gasteiger partial charge < -0.3 is 9.30 Å². The molecule has 0 radical (unpaired) electrons. The number of nitrogens with one attached hydrogen (secondary N) is 1. The fourth-order valence-corrected chi connectivity index (χ4v) is 3.71. The fraction of sp³-hybridized carbons (Fsp3) is 0.389. The first-order valence-electron chi connectivity index (χ1n) is 9.06. The lowest BCUT2D eigenvalue weighted by atomic mass is 10.2. The van der Waals surface area contributed by atoms with Crippen LogP contribution in [0.1, 0.15) is 26.7 Å². The molecule has 0 aliphatic carbocycles. The number of amides is 1. The van der Waals surface area contributed by atoms with Gasteiger partial charge in [0, 0.05) is 12.1 Å². The Morgan fingerprint density at radius 2 is 2.04 bits per heavy atom. The molecule has 8 nitrogen and oxygen atoms in total. The van der Waals surface area contributed by atoms with Crippen molar-refractivity contribution in [3.63, 3.8) is 0 Å². The summed E-state index contributed by atoms with van der Waals surface area (Å²) in [5, 5.41) is 20.0. The van der Waals surface area contributed by atoms with Crippen LogP contribution in [0.15, 0.2) is 34.9 Å². The second-order valence-corrected chi connectivity index (χ2v) is 7.63. The predicted octanol–water partition coefficient (Wildman–Crippen LogP) is 3.73. The number of hydrogen-bond donors (Lipinski definition) is 1. The molecule has 0 bridgehead atoms. The van der Waals surface area contributed by atoms with Crippen molar-refractivity contribution >= 4 is 34.1 Å². The van der Waals surface area contributed by atoms with Crippen molar-refractivity contribution in [2.75, 3.05) is 17.7 Å². The van der Waals surface area contributed by atoms with Crippen LogP contribution in [-0.4, -0.2) is 43.2 Å². The summed E-state index contributed by atoms with van der Waals surface area (Å²) in [6.07, 6.45) is 2.15. The fourth-order valence-electron chi connectivity index (χ4n) is 2.44. The maximum Gasteiger partial charge on any atom is 0.236 e. The van der Waals surface area contributed by atoms with E-state index in [9.17, 15) is 4.79 Å². The number of ether oxygens (including phenoxy) is 1. The van der Waals surface area contributed by atoms with Gasteiger partial charge in [0.25, 0.3) is 0 Å². The van der Waals surface area contributed by atoms with Crippen molar-refractivity contribution in [3.05, 3.63) is 29.8 Å². The molecule has 0 spiro atoms. The molecule has 1 amide bonds. The molecule has 0 aliphatic rings. The summed E-state index contributed by atoms with van der Waals surface area (Å²) in [7, 11) is 0. The number of carbonyl (C=O) groups excluding carboxylic acids is 1. The summed E-state index contributed by atoms with van der Waals surface area (Å²) in [4.78, 5) is 12.0. The average molecular weight is 419 g/mol. The number of carbonyl (C=O) groups is 1. The summed E-state index contributed by atoms with van der Waals surface area (Å²) >= 11 is 2.63. The van der Waals surface area contributed by atoms with Gasteiger partial charge in [0.2, 0.25) is 11.0 Å². The van der Waals surface area contributed by atoms with E-state index in [0.717, 1.165) is 36.6 Å². The zero-order valence-electron chi connectivity index (χ0n) is 15.8. The summed E-state index contributed by atoms with van der Waals surface area (Å²) in [6.45, 7) is 5.60. The predicted molar refractivity (Wildman–Crippen MR) is 111 cm³/mol. The van der Waals surface area contributed by atoms with E-state index >= 15 is 0 Å². The van der Waals surface area contributed by atoms with Gasteiger partial charge in [-0.15, -0.1) is 20.4 Å². The van der Waals surface area contributed by atoms with Crippen LogP contribution in [0.3, 0.4) is 0 Å². The number of thioether (sulfide) groups is 1. The van der Waals surface area contributed by atoms with E-state index in [1.807, 2.05) is 35.8 Å². The molecule has 0 saturated carbocycles. The van der Waals surface area contributed by atoms with Gasteiger partial charge in [-0.2, -0.15) is 0 Å². The third-order valence-corrected chi connectivity index (χ3v) is 5.42. The first kappa shape index (κ1) is 20.3. The van der Waals surface area contributed by atoms with Crippen molar-refractivity contribution < 1.29 is 9.53 Å². The van der Waals surface area contributed by atoms with E-state index < -0.39 is 0 Å². The highest BCUT2D eigenvalue weighted by atomic mass is 32.2. The standard InChI is InChI=1S/C18H22N6O2S2/c1-3-5-10-26-14-8-6-13(7-9-14)16-21-23-18(24(16)4-2)27-11-15(25)20-17-22-19-12-28-17/h6-9,12H,3-5,10-11H2,1-2H3,(H,20,22,25). The van der Waals surface area contributed by atoms with E-state index in [1.54, 1.807) is 5.51 Å². The van der Waals surface area contributed by atoms with E-state index in [2.05, 4.69) is 32.6 Å². The number of hydrogen-bond acceptors (Lipinski definition) is 8. The van der Waals surface area contributed by atoms with Crippen LogP contribution in [0.25, 0.3) is 11.4 Å². The topological polar surface area (TPSA) is 94.8 Å². The molecule has 10 heteroatoms. The molecule has 148 valence electrons. The minimum absolute atomic E-state index is 0.150. The molecule has 2 heterocycles. The van der Waals surface area contributed by atoms with Crippen LogP contribution < -0.4 is 10.1 Å². The molecule has 2 aromatic heterocycles. The third kappa shape index (κ3) is 5.29. The van der Waals surface area contributed by atoms with E-state index in [-0.39, 0.29) is 11.7 Å². The number of nitrogens with zero attached hydrogens (tertiary/aromatic N) is 5. The van der Waals surface area contributed by atoms with Crippen molar-refractivity contribution in [1.29, 1.82) is 0 Å². The van der Waals surface area contributed by atoms with Gasteiger partial charge in [-0.3, -0.25) is 10.1 Å². The number of anilines is 1. The zero-order chi connectivity index (χ0) is 19.8. The highest BCUT2D eigenvalue weighted by molar-refractivity contribution is 7.99. The third-order valence-electron chi connectivity index (χ3n) is 3.85. The molecule has 0 saturated heterocycles. The lowest BCUT2D eigenvalue weighted by Gasteiger charge is -2.09. The SMILES string of the molecule is CCCCOc1ccc(-c2nnc(SCC(=O)Nc3nncs3)n2CC)cc1. The minimum Gasteiger partial charge on any atom is -0.494 e. The number of rotatable bonds is 10. The normalized spacial score (nSPS) is 10.8. The van der Waals surface area contributed by atoms with Crippen molar-refractivity contribution in [2.45, 2.75) is 38.4 Å². The Morgan fingerprint density at radius 3 is 2.71 bits per heavy atom. The van der Waals surface area contributed by atoms with Crippen LogP contribution in [0, 0.1) is 0 Å². The monoisotopic (exact) mass is 418 g/mol. The maximum absolute atomic E-state index is 12.0. The first-order valence-corrected chi connectivity index (χ1v) is 10.9. The van der Waals surface area contributed by atoms with Gasteiger partial charge in [0.15, 0.2) is 11.0 Å². The molecule has 0 unspecified atom stereocenters. The second-order valence-electron chi connectivity index (χ2n) is 5.86. The van der Waals surface area contributed by atoms with Crippen molar-refractivity contribution in [2.24, 2.45) is 0 Å². The molecule has 0 fully saturated rings. The van der Waals surface area contributed by atoms with E-state index in [4.69, 9.17) is 4.74 Å². The van der Waals surface area contributed by atoms with E-state index in [0.29, 0.717) is 16.8 Å². The summed E-state index contributed by atoms with van der Waals surface area (Å²) in [5.74, 6) is 1.70. The summed E-state index contributed by atoms with van der Waals surface area (Å²) < 4.78 is 7.70. The highest BCUT2D eigenvalue weighted by Crippen LogP contribution is 2.26. The molecule has 3 aromatic rings. The van der Waals surface area contributed by atoms with Gasteiger partial charge in [0.05, 0.1) is 12.4 Å². The van der Waals surface area contributed by atoms with Gasteiger partial charge >= 0.3 is 0 Å². The molecular weight excluding hydrogens is 396 g/mol. The average Bonchev–Trinajstić information content (AvgIpc) is 3.36. The van der Waals surface area contributed by atoms with Crippen LogP contribution in [0.5, 0.6) is 5.75 Å². The highest BCUT2D eigenvalue weighted by Gasteiger charge is 2.15. The molecule has 1 aromatic carbocycles. The lowest BCUT2D eigenvalue weighted by Crippen LogP contribution is -2.14. The maximum atomic E-state index is 12.0. The Kier molecular flexibility index (Phi) is 7.38. The molecular formula is C18H22N6O2S2.